The minimum atomic E-state index is -0.418. The molecule has 2 saturated heterocycles. The van der Waals surface area contributed by atoms with Gasteiger partial charge in [0.05, 0.1) is 52.7 Å². The molecule has 8 aromatic rings. The van der Waals surface area contributed by atoms with Crippen molar-refractivity contribution in [3.05, 3.63) is 131 Å². The number of ether oxygens (including phenoxy) is 2. The number of amides is 2. The largest absolute Gasteiger partial charge is 1.00 e. The first-order chi connectivity index (χ1) is 36.3. The van der Waals surface area contributed by atoms with Gasteiger partial charge in [0, 0.05) is 99.0 Å². The van der Waals surface area contributed by atoms with Crippen molar-refractivity contribution in [1.82, 2.24) is 49.7 Å². The van der Waals surface area contributed by atoms with Crippen molar-refractivity contribution in [1.29, 1.82) is 0 Å². The predicted octanol–water partition coefficient (Wildman–Crippen LogP) is 1.37. The Morgan fingerprint density at radius 2 is 1.23 bits per heavy atom. The van der Waals surface area contributed by atoms with Crippen LogP contribution in [0.3, 0.4) is 0 Å². The van der Waals surface area contributed by atoms with Crippen LogP contribution in [0.5, 0.6) is 11.5 Å². The van der Waals surface area contributed by atoms with Gasteiger partial charge in [-0.15, -0.1) is 11.6 Å². The molecule has 0 aliphatic carbocycles. The molecule has 0 unspecified atom stereocenters. The number of alkyl halides is 1. The first-order valence-corrected chi connectivity index (χ1v) is 24.5. The third-order valence-corrected chi connectivity index (χ3v) is 12.9. The van der Waals surface area contributed by atoms with E-state index in [0.29, 0.717) is 73.5 Å². The first kappa shape index (κ1) is 63.4. The molecule has 2 fully saturated rings. The van der Waals surface area contributed by atoms with E-state index >= 15 is 0 Å². The molecule has 10 rings (SSSR count). The van der Waals surface area contributed by atoms with Crippen LogP contribution in [-0.4, -0.2) is 139 Å². The number of carbonyl (C=O) groups is 3. The molecule has 0 saturated carbocycles. The van der Waals surface area contributed by atoms with Gasteiger partial charge in [0.2, 0.25) is 11.8 Å². The average Bonchev–Trinajstić information content (AvgIpc) is 4.05. The van der Waals surface area contributed by atoms with Crippen molar-refractivity contribution in [2.45, 2.75) is 32.5 Å². The van der Waals surface area contributed by atoms with Gasteiger partial charge in [-0.05, 0) is 74.5 Å². The number of rotatable bonds is 10. The molecule has 1 N–H and O–H groups in total. The Morgan fingerprint density at radius 3 is 1.73 bits per heavy atom. The summed E-state index contributed by atoms with van der Waals surface area (Å²) >= 11 is 17.5. The monoisotopic (exact) mass is 1160 g/mol. The van der Waals surface area contributed by atoms with Crippen molar-refractivity contribution in [3.63, 3.8) is 0 Å². The van der Waals surface area contributed by atoms with Crippen LogP contribution in [0.2, 0.25) is 10.0 Å². The van der Waals surface area contributed by atoms with E-state index in [1.54, 1.807) is 51.4 Å². The molecule has 0 spiro atoms. The van der Waals surface area contributed by atoms with Crippen LogP contribution in [0.15, 0.2) is 110 Å². The third kappa shape index (κ3) is 15.9. The maximum atomic E-state index is 14.6. The molecule has 77 heavy (non-hydrogen) atoms. The van der Waals surface area contributed by atoms with Crippen molar-refractivity contribution in [2.75, 3.05) is 69.2 Å². The van der Waals surface area contributed by atoms with Crippen LogP contribution < -0.4 is 127 Å². The number of nitrogens with one attached hydrogen (secondary N) is 1. The molecule has 2 amide bonds. The number of H-pyrrole nitrogens is 1. The van der Waals surface area contributed by atoms with E-state index in [9.17, 15) is 18.4 Å². The minimum Gasteiger partial charge on any atom is -1.00 e. The summed E-state index contributed by atoms with van der Waals surface area (Å²) in [6.45, 7) is 6.73. The number of carbonyl (C=O) groups excluding carboxylic acids is 3. The summed E-state index contributed by atoms with van der Waals surface area (Å²) in [7, 11) is 2.98. The van der Waals surface area contributed by atoms with Crippen molar-refractivity contribution in [3.8, 4) is 34.3 Å². The first-order valence-electron chi connectivity index (χ1n) is 23.2. The third-order valence-electron chi connectivity index (χ3n) is 12.1. The number of fused-ring (bicyclic) bond motifs is 2. The van der Waals surface area contributed by atoms with Gasteiger partial charge in [0.15, 0.2) is 11.3 Å². The van der Waals surface area contributed by atoms with Crippen LogP contribution in [-0.2, 0) is 25.8 Å². The average molecular weight is 1170 g/mol. The van der Waals surface area contributed by atoms with Crippen LogP contribution in [0.1, 0.15) is 15.3 Å². The number of nitrogens with zero attached hydrogens (tertiary/aromatic N) is 11. The molecule has 0 bridgehead atoms. The summed E-state index contributed by atoms with van der Waals surface area (Å²) in [5.41, 5.74) is 5.40. The van der Waals surface area contributed by atoms with Gasteiger partial charge in [0.25, 0.3) is 6.47 Å². The quantitative estimate of drug-likeness (QED) is 0.0674. The molecule has 0 radical (unpaired) electrons. The molecular weight excluding hydrogens is 1120 g/mol. The number of hydrogen-bond acceptors (Lipinski definition) is 15. The minimum absolute atomic E-state index is 0. The Kier molecular flexibility index (Phi) is 25.3. The van der Waals surface area contributed by atoms with Gasteiger partial charge in [-0.25, -0.2) is 23.4 Å². The maximum Gasteiger partial charge on any atom is 1.00 e. The molecule has 394 valence electrons. The van der Waals surface area contributed by atoms with E-state index in [1.807, 2.05) is 84.3 Å². The second-order valence-electron chi connectivity index (χ2n) is 16.8. The number of halogens is 5. The topological polar surface area (TPSA) is 213 Å². The number of piperazine rings is 2. The summed E-state index contributed by atoms with van der Waals surface area (Å²) in [5.74, 6) is -0.181. The van der Waals surface area contributed by atoms with Crippen molar-refractivity contribution < 1.29 is 147 Å². The Labute approximate surface area is 543 Å². The molecule has 8 heterocycles. The van der Waals surface area contributed by atoms with Crippen molar-refractivity contribution in [2.24, 2.45) is 0 Å². The predicted molar refractivity (Wildman–Crippen MR) is 280 cm³/mol. The van der Waals surface area contributed by atoms with Gasteiger partial charge >= 0.3 is 103 Å². The van der Waals surface area contributed by atoms with Gasteiger partial charge in [-0.1, -0.05) is 35.3 Å². The number of pyridine rings is 4. The van der Waals surface area contributed by atoms with Crippen LogP contribution in [0, 0.1) is 11.6 Å². The number of benzene rings is 2. The normalized spacial score (nSPS) is 14.8. The Bertz CT molecular complexity index is 3240. The van der Waals surface area contributed by atoms with Gasteiger partial charge < -0.3 is 40.6 Å². The van der Waals surface area contributed by atoms with E-state index in [2.05, 4.69) is 40.1 Å². The van der Waals surface area contributed by atoms with Gasteiger partial charge in [-0.3, -0.25) is 29.5 Å². The molecular formula is C51H51Cl3F2K2N12O7. The molecule has 2 atom stereocenters. The number of methoxy groups -OCH3 is 2. The molecule has 2 aromatic carbocycles. The van der Waals surface area contributed by atoms with E-state index in [0.717, 1.165) is 33.5 Å². The Hall–Kier alpha value is -4.45. The van der Waals surface area contributed by atoms with Crippen molar-refractivity contribution >= 4 is 86.5 Å². The standard InChI is InChI=1S/C25H24ClFN6O2.C14H17Cl2FN2O2.C11H8N4.CH2O3.2K.H/c1-16-14-31(21-13-22(35-2)18(26)12-19(21)27)10-11-32(16)23(34)15-33-25-17(6-5-9-29-25)24(30-33)20-7-3-4-8-28-20;1-9-8-18(3-4-19(9)14(20)7-15)12-6-13(21-2)10(16)5-11(12)17;1-2-6-12-9(5-1)10-8-4-3-7-13-11(8)15-14-10;2-1-4-3;;;/h3-9,12-13,16H,10-11,14-15H2,1-2H3;5-6,9H,3-4,7-8H2,1-2H3;1-7H,(H,13,14,15);1,3H;;;/q;;;;2*+1;-1/p-1/t16-;9-;;;;;/m00...../s1. The summed E-state index contributed by atoms with van der Waals surface area (Å²) in [6, 6.07) is 24.6. The zero-order chi connectivity index (χ0) is 53.6. The summed E-state index contributed by atoms with van der Waals surface area (Å²) in [6.07, 6.45) is 6.88. The fourth-order valence-corrected chi connectivity index (χ4v) is 9.20. The second-order valence-corrected chi connectivity index (χ2v) is 17.8. The maximum absolute atomic E-state index is 14.6. The van der Waals surface area contributed by atoms with E-state index in [1.165, 1.54) is 26.4 Å². The fourth-order valence-electron chi connectivity index (χ4n) is 8.59. The van der Waals surface area contributed by atoms with Crippen LogP contribution in [0.4, 0.5) is 20.2 Å². The van der Waals surface area contributed by atoms with Gasteiger partial charge in [-0.2, -0.15) is 10.2 Å². The number of aromatic amines is 1. The Morgan fingerprint density at radius 1 is 0.727 bits per heavy atom. The second kappa shape index (κ2) is 30.8. The van der Waals surface area contributed by atoms with E-state index in [-0.39, 0.29) is 157 Å². The van der Waals surface area contributed by atoms with Gasteiger partial charge in [0.1, 0.15) is 41.3 Å². The number of anilines is 2. The fraction of sp³-hybridized carbons (Fsp3) is 0.275. The zero-order valence-electron chi connectivity index (χ0n) is 43.9. The van der Waals surface area contributed by atoms with E-state index in [4.69, 9.17) is 54.3 Å². The van der Waals surface area contributed by atoms with E-state index < -0.39 is 11.6 Å². The number of aromatic nitrogens is 8. The summed E-state index contributed by atoms with van der Waals surface area (Å²) in [4.78, 5) is 60.9. The molecule has 2 aliphatic rings. The molecule has 6 aromatic heterocycles. The Balaban J connectivity index is 0.000000260. The van der Waals surface area contributed by atoms with Crippen LogP contribution in [0.25, 0.3) is 44.8 Å². The zero-order valence-corrected chi connectivity index (χ0v) is 51.5. The number of hydrogen-bond donors (Lipinski definition) is 1. The summed E-state index contributed by atoms with van der Waals surface area (Å²) in [5, 5.41) is 22.5. The molecule has 26 heteroatoms. The summed E-state index contributed by atoms with van der Waals surface area (Å²) < 4.78 is 40.7. The SMILES string of the molecule is COc1cc(N2CCN(C(=O)CCl)[C@@H](C)C2)c(F)cc1Cl.COc1cc(N2CCN(C(=O)Cn3nc(-c4ccccn4)c4cccnc43)[C@@H](C)C2)c(F)cc1Cl.O=CO[O-].[H-].[K+].[K+].c1ccc(-c2[nH]nc3ncccc23)nc1. The smallest absolute Gasteiger partial charge is 1.00 e. The van der Waals surface area contributed by atoms with Crippen LogP contribution >= 0.6 is 34.8 Å². The molecule has 2 aliphatic heterocycles. The molecule has 19 nitrogen and oxygen atoms in total.